The molecule has 1 heterocycles. The van der Waals surface area contributed by atoms with E-state index in [1.807, 2.05) is 43.3 Å². The molecule has 0 aromatic heterocycles. The lowest BCUT2D eigenvalue weighted by Gasteiger charge is -2.23. The van der Waals surface area contributed by atoms with Crippen LogP contribution >= 0.6 is 0 Å². The number of rotatable bonds is 4. The summed E-state index contributed by atoms with van der Waals surface area (Å²) in [5.41, 5.74) is 3.84. The molecular weight excluding hydrogens is 338 g/mol. The van der Waals surface area contributed by atoms with Gasteiger partial charge in [0.25, 0.3) is 5.91 Å². The van der Waals surface area contributed by atoms with E-state index in [0.717, 1.165) is 35.1 Å². The van der Waals surface area contributed by atoms with E-state index in [9.17, 15) is 4.79 Å². The molecule has 0 unspecified atom stereocenters. The second-order valence-corrected chi connectivity index (χ2v) is 7.61. The van der Waals surface area contributed by atoms with Crippen LogP contribution in [0.25, 0.3) is 11.1 Å². The molecule has 142 valence electrons. The van der Waals surface area contributed by atoms with Crippen molar-refractivity contribution in [3.63, 3.8) is 0 Å². The fraction of sp³-hybridized carbons (Fsp3) is 0.435. The van der Waals surface area contributed by atoms with E-state index in [0.29, 0.717) is 19.3 Å². The maximum atomic E-state index is 12.6. The first-order valence-corrected chi connectivity index (χ1v) is 9.94. The van der Waals surface area contributed by atoms with E-state index in [2.05, 4.69) is 17.4 Å². The highest BCUT2D eigenvalue weighted by Gasteiger charge is 2.32. The maximum Gasteiger partial charge on any atom is 0.251 e. The lowest BCUT2D eigenvalue weighted by Crippen LogP contribution is -2.36. The van der Waals surface area contributed by atoms with Crippen LogP contribution in [-0.2, 0) is 15.3 Å². The minimum absolute atomic E-state index is 0.0284. The van der Waals surface area contributed by atoms with Gasteiger partial charge < -0.3 is 14.8 Å². The topological polar surface area (TPSA) is 47.6 Å². The molecule has 0 spiro atoms. The van der Waals surface area contributed by atoms with E-state index in [1.54, 1.807) is 0 Å². The van der Waals surface area contributed by atoms with Crippen molar-refractivity contribution < 1.29 is 14.3 Å². The molecular formula is C23H27NO3. The molecule has 1 saturated carbocycles. The third-order valence-corrected chi connectivity index (χ3v) is 5.65. The summed E-state index contributed by atoms with van der Waals surface area (Å²) in [6.45, 7) is 3.19. The molecule has 1 aliphatic carbocycles. The molecule has 2 aromatic carbocycles. The zero-order chi connectivity index (χ0) is 18.7. The average molecular weight is 365 g/mol. The molecule has 0 radical (unpaired) electrons. The number of hydrogen-bond donors (Lipinski definition) is 1. The van der Waals surface area contributed by atoms with Crippen LogP contribution in [0.2, 0.25) is 0 Å². The predicted molar refractivity (Wildman–Crippen MR) is 105 cm³/mol. The van der Waals surface area contributed by atoms with Crippen molar-refractivity contribution in [1.82, 2.24) is 5.32 Å². The minimum Gasteiger partial charge on any atom is -0.349 e. The Balaban J connectivity index is 1.49. The fourth-order valence-corrected chi connectivity index (χ4v) is 4.00. The predicted octanol–water partition coefficient (Wildman–Crippen LogP) is 4.64. The van der Waals surface area contributed by atoms with Gasteiger partial charge in [-0.15, -0.1) is 0 Å². The van der Waals surface area contributed by atoms with Gasteiger partial charge in [0.1, 0.15) is 0 Å². The van der Waals surface area contributed by atoms with Gasteiger partial charge in [-0.25, -0.2) is 0 Å². The van der Waals surface area contributed by atoms with Gasteiger partial charge >= 0.3 is 0 Å². The van der Waals surface area contributed by atoms with Gasteiger partial charge in [0.15, 0.2) is 5.79 Å². The van der Waals surface area contributed by atoms with Gasteiger partial charge in [0.2, 0.25) is 0 Å². The quantitative estimate of drug-likeness (QED) is 0.859. The summed E-state index contributed by atoms with van der Waals surface area (Å²) in [5.74, 6) is -0.624. The Hall–Kier alpha value is -2.17. The summed E-state index contributed by atoms with van der Waals surface area (Å²) in [7, 11) is 0. The largest absolute Gasteiger partial charge is 0.349 e. The lowest BCUT2D eigenvalue weighted by atomic mass is 9.95. The normalized spacial score (nSPS) is 19.7. The summed E-state index contributed by atoms with van der Waals surface area (Å²) in [4.78, 5) is 12.6. The Morgan fingerprint density at radius 2 is 1.67 bits per heavy atom. The van der Waals surface area contributed by atoms with Crippen molar-refractivity contribution in [2.75, 3.05) is 13.2 Å². The summed E-state index contributed by atoms with van der Waals surface area (Å²) >= 11 is 0. The van der Waals surface area contributed by atoms with Crippen LogP contribution in [0.15, 0.2) is 48.5 Å². The summed E-state index contributed by atoms with van der Waals surface area (Å²) < 4.78 is 11.4. The molecule has 0 bridgehead atoms. The maximum absolute atomic E-state index is 12.6. The minimum atomic E-state index is -0.653. The molecule has 2 aromatic rings. The number of ether oxygens (including phenoxy) is 2. The fourth-order valence-electron chi connectivity index (χ4n) is 4.00. The highest BCUT2D eigenvalue weighted by molar-refractivity contribution is 5.95. The molecule has 1 aliphatic heterocycles. The number of benzene rings is 2. The number of nitrogens with one attached hydrogen (secondary N) is 1. The van der Waals surface area contributed by atoms with Crippen LogP contribution in [0.5, 0.6) is 0 Å². The first-order valence-electron chi connectivity index (χ1n) is 9.94. The molecule has 2 fully saturated rings. The van der Waals surface area contributed by atoms with E-state index in [4.69, 9.17) is 9.47 Å². The van der Waals surface area contributed by atoms with E-state index >= 15 is 0 Å². The SMILES string of the molecule is CC1(c2ccc(-c3cccc(C(=O)NC4CCCCC4)c3)cc2)OCCO1. The van der Waals surface area contributed by atoms with Crippen molar-refractivity contribution in [2.24, 2.45) is 0 Å². The number of hydrogen-bond acceptors (Lipinski definition) is 3. The lowest BCUT2D eigenvalue weighted by molar-refractivity contribution is -0.149. The Morgan fingerprint density at radius 1 is 0.963 bits per heavy atom. The molecule has 0 atom stereocenters. The van der Waals surface area contributed by atoms with Gasteiger partial charge in [-0.05, 0) is 43.0 Å². The van der Waals surface area contributed by atoms with Crippen molar-refractivity contribution in [2.45, 2.75) is 50.9 Å². The second-order valence-electron chi connectivity index (χ2n) is 7.61. The van der Waals surface area contributed by atoms with E-state index in [1.165, 1.54) is 19.3 Å². The second kappa shape index (κ2) is 7.83. The van der Waals surface area contributed by atoms with Crippen molar-refractivity contribution >= 4 is 5.91 Å². The van der Waals surface area contributed by atoms with Crippen LogP contribution in [0.4, 0.5) is 0 Å². The molecule has 2 aliphatic rings. The Morgan fingerprint density at radius 3 is 2.37 bits per heavy atom. The summed E-state index contributed by atoms with van der Waals surface area (Å²) in [5, 5.41) is 3.19. The van der Waals surface area contributed by atoms with Gasteiger partial charge in [-0.2, -0.15) is 0 Å². The number of amides is 1. The molecule has 4 heteroatoms. The van der Waals surface area contributed by atoms with Gasteiger partial charge in [-0.1, -0.05) is 55.7 Å². The van der Waals surface area contributed by atoms with E-state index < -0.39 is 5.79 Å². The highest BCUT2D eigenvalue weighted by Crippen LogP contribution is 2.32. The molecule has 27 heavy (non-hydrogen) atoms. The van der Waals surface area contributed by atoms with Crippen LogP contribution < -0.4 is 5.32 Å². The zero-order valence-electron chi connectivity index (χ0n) is 15.9. The Bertz CT molecular complexity index is 788. The number of carbonyl (C=O) groups is 1. The van der Waals surface area contributed by atoms with Crippen molar-refractivity contribution in [3.8, 4) is 11.1 Å². The van der Waals surface area contributed by atoms with Crippen LogP contribution in [-0.4, -0.2) is 25.2 Å². The van der Waals surface area contributed by atoms with Gasteiger partial charge in [-0.3, -0.25) is 4.79 Å². The standard InChI is InChI=1S/C23H27NO3/c1-23(26-14-15-27-23)20-12-10-17(11-13-20)18-6-5-7-19(16-18)22(25)24-21-8-3-2-4-9-21/h5-7,10-13,16,21H,2-4,8-9,14-15H2,1H3,(H,24,25). The zero-order valence-corrected chi connectivity index (χ0v) is 15.9. The van der Waals surface area contributed by atoms with Gasteiger partial charge in [0.05, 0.1) is 13.2 Å². The highest BCUT2D eigenvalue weighted by atomic mass is 16.7. The third-order valence-electron chi connectivity index (χ3n) is 5.65. The van der Waals surface area contributed by atoms with Crippen molar-refractivity contribution in [1.29, 1.82) is 0 Å². The van der Waals surface area contributed by atoms with E-state index in [-0.39, 0.29) is 5.91 Å². The summed E-state index contributed by atoms with van der Waals surface area (Å²) in [6, 6.07) is 16.4. The first-order chi connectivity index (χ1) is 13.1. The monoisotopic (exact) mass is 365 g/mol. The molecule has 1 saturated heterocycles. The van der Waals surface area contributed by atoms with Crippen molar-refractivity contribution in [3.05, 3.63) is 59.7 Å². The molecule has 4 rings (SSSR count). The first kappa shape index (κ1) is 18.2. The summed E-state index contributed by atoms with van der Waals surface area (Å²) in [6.07, 6.45) is 5.89. The number of carbonyl (C=O) groups excluding carboxylic acids is 1. The van der Waals surface area contributed by atoms with Gasteiger partial charge in [0, 0.05) is 17.2 Å². The molecule has 4 nitrogen and oxygen atoms in total. The Labute approximate surface area is 160 Å². The average Bonchev–Trinajstić information content (AvgIpc) is 3.17. The van der Waals surface area contributed by atoms with Crippen LogP contribution in [0, 0.1) is 0 Å². The molecule has 1 N–H and O–H groups in total. The smallest absolute Gasteiger partial charge is 0.251 e. The Kier molecular flexibility index (Phi) is 5.28. The van der Waals surface area contributed by atoms with Crippen LogP contribution in [0.1, 0.15) is 54.9 Å². The van der Waals surface area contributed by atoms with Crippen LogP contribution in [0.3, 0.4) is 0 Å². The third kappa shape index (κ3) is 4.07. The molecule has 1 amide bonds.